The first-order valence-electron chi connectivity index (χ1n) is 21.0. The molecule has 0 fully saturated rings. The Balaban J connectivity index is 1.49. The minimum atomic E-state index is -3.07. The predicted molar refractivity (Wildman–Crippen MR) is 262 cm³/mol. The molecule has 2 heteroatoms. The zero-order valence-corrected chi connectivity index (χ0v) is 36.1. The smallest absolute Gasteiger partial charge is 0.0627 e. The Morgan fingerprint density at radius 3 is 0.467 bits per heavy atom. The first kappa shape index (κ1) is 37.4. The maximum atomic E-state index is 2.77. The largest absolute Gasteiger partial charge is 0.121 e. The number of hydrogen-bond donors (Lipinski definition) is 0. The minimum absolute atomic E-state index is 1.26. The highest BCUT2D eigenvalue weighted by Crippen LogP contribution is 2.66. The first-order valence-corrected chi connectivity index (χ1v) is 27.0. The summed E-state index contributed by atoms with van der Waals surface area (Å²) in [6.07, 6.45) is 0. The molecule has 2 aliphatic heterocycles. The second-order valence-corrected chi connectivity index (χ2v) is 28.7. The molecule has 8 aromatic rings. The average molecular weight is 799 g/mol. The third-order valence-corrected chi connectivity index (χ3v) is 30.2. The van der Waals surface area contributed by atoms with Crippen LogP contribution in [0, 0.1) is 0 Å². The molecule has 10 rings (SSSR count). The number of rotatable bonds is 9. The van der Waals surface area contributed by atoms with Crippen LogP contribution in [0.4, 0.5) is 0 Å². The topological polar surface area (TPSA) is 0 Å². The van der Waals surface area contributed by atoms with Crippen LogP contribution in [0.15, 0.2) is 243 Å². The van der Waals surface area contributed by atoms with E-state index >= 15 is 0 Å². The van der Waals surface area contributed by atoms with Gasteiger partial charge in [-0.25, -0.2) is 0 Å². The van der Waals surface area contributed by atoms with Crippen molar-refractivity contribution >= 4 is 58.3 Å². The average Bonchev–Trinajstić information content (AvgIpc) is 3.79. The van der Waals surface area contributed by atoms with Crippen LogP contribution in [0.3, 0.4) is 0 Å². The van der Waals surface area contributed by atoms with Crippen LogP contribution in [-0.4, -0.2) is 15.2 Å². The van der Waals surface area contributed by atoms with Crippen LogP contribution < -0.4 is 0 Å². The summed E-state index contributed by atoms with van der Waals surface area (Å²) in [6.45, 7) is 5.54. The van der Waals surface area contributed by atoms with Crippen LogP contribution in [-0.2, 0) is 0 Å². The minimum Gasteiger partial charge on any atom is -0.0627 e. The molecular weight excluding hydrogens is 753 g/mol. The molecule has 0 atom stereocenters. The van der Waals surface area contributed by atoms with Gasteiger partial charge < -0.3 is 0 Å². The van der Waals surface area contributed by atoms with Crippen molar-refractivity contribution in [2.75, 3.05) is 0 Å². The molecule has 8 aromatic carbocycles. The van der Waals surface area contributed by atoms with E-state index in [0.29, 0.717) is 0 Å². The van der Waals surface area contributed by atoms with E-state index in [4.69, 9.17) is 0 Å². The van der Waals surface area contributed by atoms with Crippen molar-refractivity contribution in [1.29, 1.82) is 0 Å². The summed E-state index contributed by atoms with van der Waals surface area (Å²) in [6, 6.07) is 90.8. The lowest BCUT2D eigenvalue weighted by Crippen LogP contribution is -2.61. The van der Waals surface area contributed by atoms with Gasteiger partial charge in [-0.1, -0.05) is 256 Å². The molecule has 0 amide bonds. The normalized spacial score (nSPS) is 15.8. The molecule has 0 radical (unpaired) electrons. The van der Waals surface area contributed by atoms with Crippen LogP contribution >= 0.6 is 0 Å². The summed E-state index contributed by atoms with van der Waals surface area (Å²) in [4.78, 5) is 0. The van der Waals surface area contributed by atoms with E-state index < -0.39 is 15.2 Å². The third-order valence-electron chi connectivity index (χ3n) is 13.0. The lowest BCUT2D eigenvalue weighted by atomic mass is 9.89. The maximum absolute atomic E-state index is 3.07. The summed E-state index contributed by atoms with van der Waals surface area (Å²) in [5.74, 6) is 0. The van der Waals surface area contributed by atoms with Gasteiger partial charge in [-0.2, -0.15) is 0 Å². The van der Waals surface area contributed by atoms with Crippen LogP contribution in [0.1, 0.15) is 44.5 Å². The van der Waals surface area contributed by atoms with Gasteiger partial charge in [0.05, 0.1) is 0 Å². The lowest BCUT2D eigenvalue weighted by Gasteiger charge is -2.47. The number of allylic oxidation sites excluding steroid dienone is 4. The molecule has 0 N–H and O–H groups in total. The van der Waals surface area contributed by atoms with Crippen LogP contribution in [0.25, 0.3) is 43.1 Å². The highest BCUT2D eigenvalue weighted by Gasteiger charge is 2.65. The molecule has 0 bridgehead atoms. The fourth-order valence-electron chi connectivity index (χ4n) is 10.5. The Morgan fingerprint density at radius 2 is 0.317 bits per heavy atom. The third kappa shape index (κ3) is 6.02. The van der Waals surface area contributed by atoms with E-state index in [1.807, 2.05) is 0 Å². The molecule has 60 heavy (non-hydrogen) atoms. The molecule has 0 spiro atoms. The predicted octanol–water partition coefficient (Wildman–Crippen LogP) is 14.8. The Kier molecular flexibility index (Phi) is 9.81. The van der Waals surface area contributed by atoms with Gasteiger partial charge in [0.2, 0.25) is 0 Å². The lowest BCUT2D eigenvalue weighted by molar-refractivity contribution is 1.58. The van der Waals surface area contributed by atoms with Crippen molar-refractivity contribution in [3.8, 4) is 0 Å². The van der Waals surface area contributed by atoms with E-state index in [9.17, 15) is 0 Å². The molecule has 0 nitrogen and oxygen atoms in total. The van der Waals surface area contributed by atoms with Crippen molar-refractivity contribution < 1.29 is 0 Å². The highest BCUT2D eigenvalue weighted by molar-refractivity contribution is 7.66. The Hall–Kier alpha value is -6.85. The second kappa shape index (κ2) is 15.7. The van der Waals surface area contributed by atoms with Crippen molar-refractivity contribution in [3.63, 3.8) is 0 Å². The van der Waals surface area contributed by atoms with Crippen molar-refractivity contribution in [2.24, 2.45) is 0 Å². The SMILES string of the molecule is C[Si]1([Si]2(C)C(c3ccccc3)=C(c3ccccc3)C(c3ccccc3)=C2c2ccccc2)C(c2ccccc2)=C(c2ccccc2)C(c2ccccc2)=C1c1ccccc1. The molecule has 0 saturated heterocycles. The van der Waals surface area contributed by atoms with E-state index in [2.05, 4.69) is 256 Å². The van der Waals surface area contributed by atoms with Crippen LogP contribution in [0.2, 0.25) is 13.1 Å². The van der Waals surface area contributed by atoms with Gasteiger partial charge in [0.15, 0.2) is 0 Å². The van der Waals surface area contributed by atoms with Crippen molar-refractivity contribution in [2.45, 2.75) is 13.1 Å². The van der Waals surface area contributed by atoms with E-state index in [1.165, 1.54) is 87.6 Å². The summed E-state index contributed by atoms with van der Waals surface area (Å²) in [5, 5.41) is 6.07. The molecule has 2 heterocycles. The van der Waals surface area contributed by atoms with Crippen molar-refractivity contribution in [3.05, 3.63) is 287 Å². The summed E-state index contributed by atoms with van der Waals surface area (Å²) in [5.41, 5.74) is 15.8. The maximum Gasteiger partial charge on any atom is 0.121 e. The van der Waals surface area contributed by atoms with E-state index in [-0.39, 0.29) is 0 Å². The zero-order chi connectivity index (χ0) is 40.5. The molecule has 286 valence electrons. The quantitative estimate of drug-likeness (QED) is 0.128. The second-order valence-electron chi connectivity index (χ2n) is 16.2. The first-order chi connectivity index (χ1) is 29.6. The standard InChI is InChI=1S/C58H46Si2/c1-59(55(47-35-19-7-20-36-47)51(43-27-11-3-12-28-43)52(44-29-13-4-14-30-44)56(59)48-37-21-8-22-38-48)60(2)57(49-39-23-9-24-40-49)53(45-31-15-5-16-32-45)54(46-33-17-6-18-34-46)58(60)50-41-25-10-26-42-50/h3-42H,1-2H3. The van der Waals surface area contributed by atoms with Gasteiger partial charge in [0.1, 0.15) is 15.2 Å². The molecule has 0 aromatic heterocycles. The Morgan fingerprint density at radius 1 is 0.183 bits per heavy atom. The summed E-state index contributed by atoms with van der Waals surface area (Å²) < 4.78 is 0. The van der Waals surface area contributed by atoms with Crippen molar-refractivity contribution in [1.82, 2.24) is 0 Å². The number of hydrogen-bond acceptors (Lipinski definition) is 0. The van der Waals surface area contributed by atoms with E-state index in [1.54, 1.807) is 0 Å². The van der Waals surface area contributed by atoms with Gasteiger partial charge in [-0.05, 0) is 87.6 Å². The van der Waals surface area contributed by atoms with Gasteiger partial charge in [-0.3, -0.25) is 0 Å². The Bertz CT molecular complexity index is 2510. The summed E-state index contributed by atoms with van der Waals surface area (Å²) >= 11 is 0. The van der Waals surface area contributed by atoms with Gasteiger partial charge in [0, 0.05) is 0 Å². The van der Waals surface area contributed by atoms with E-state index in [0.717, 1.165) is 0 Å². The molecule has 0 unspecified atom stereocenters. The summed E-state index contributed by atoms with van der Waals surface area (Å²) in [7, 11) is -6.14. The van der Waals surface area contributed by atoms with Gasteiger partial charge >= 0.3 is 0 Å². The van der Waals surface area contributed by atoms with Gasteiger partial charge in [0.25, 0.3) is 0 Å². The monoisotopic (exact) mass is 798 g/mol. The zero-order valence-electron chi connectivity index (χ0n) is 34.1. The molecule has 0 saturated carbocycles. The van der Waals surface area contributed by atoms with Gasteiger partial charge in [-0.15, -0.1) is 0 Å². The molecular formula is C58H46Si2. The fraction of sp³-hybridized carbons (Fsp3) is 0.0345. The van der Waals surface area contributed by atoms with Crippen LogP contribution in [0.5, 0.6) is 0 Å². The molecule has 2 aliphatic rings. The Labute approximate surface area is 356 Å². The molecule has 0 aliphatic carbocycles. The number of benzene rings is 8. The highest BCUT2D eigenvalue weighted by atomic mass is 29.3. The fourth-order valence-corrected chi connectivity index (χ4v) is 28.3.